The second-order valence-corrected chi connectivity index (χ2v) is 8.17. The Labute approximate surface area is 179 Å². The molecule has 0 atom stereocenters. The van der Waals surface area contributed by atoms with E-state index in [-0.39, 0.29) is 11.1 Å². The van der Waals surface area contributed by atoms with Crippen LogP contribution in [0.15, 0.2) is 59.5 Å². The minimum absolute atomic E-state index is 0.299. The summed E-state index contributed by atoms with van der Waals surface area (Å²) in [7, 11) is 0. The second kappa shape index (κ2) is 7.80. The SMILES string of the molecule is Cc1cc(C=O)ccc1-n1c(C)cc(C=C2SC(=O)N(c3ccccc3)C2=O)c1C. The van der Waals surface area contributed by atoms with Gasteiger partial charge in [-0.05, 0) is 86.1 Å². The maximum Gasteiger partial charge on any atom is 0.298 e. The standard InChI is InChI=1S/C24H20N2O3S/c1-15-11-18(14-27)9-10-21(15)25-16(2)12-19(17(25)3)13-22-23(28)26(24(29)30-22)20-7-5-4-6-8-20/h4-14H,1-3H3. The molecule has 0 spiro atoms. The second-order valence-electron chi connectivity index (χ2n) is 7.18. The van der Waals surface area contributed by atoms with Gasteiger partial charge in [0.05, 0.1) is 10.6 Å². The fourth-order valence-electron chi connectivity index (χ4n) is 3.72. The molecule has 4 rings (SSSR count). The first-order valence-corrected chi connectivity index (χ1v) is 10.3. The lowest BCUT2D eigenvalue weighted by molar-refractivity contribution is -0.113. The van der Waals surface area contributed by atoms with Crippen molar-refractivity contribution in [3.8, 4) is 5.69 Å². The van der Waals surface area contributed by atoms with E-state index in [1.165, 1.54) is 4.90 Å². The summed E-state index contributed by atoms with van der Waals surface area (Å²) in [5, 5.41) is -0.299. The number of para-hydroxylation sites is 1. The summed E-state index contributed by atoms with van der Waals surface area (Å²) >= 11 is 0.950. The molecule has 0 saturated carbocycles. The van der Waals surface area contributed by atoms with Gasteiger partial charge in [-0.2, -0.15) is 0 Å². The zero-order valence-corrected chi connectivity index (χ0v) is 17.7. The number of imide groups is 1. The number of rotatable bonds is 4. The fourth-order valence-corrected chi connectivity index (χ4v) is 4.55. The molecule has 30 heavy (non-hydrogen) atoms. The van der Waals surface area contributed by atoms with E-state index in [9.17, 15) is 14.4 Å². The van der Waals surface area contributed by atoms with E-state index in [0.29, 0.717) is 16.2 Å². The highest BCUT2D eigenvalue weighted by molar-refractivity contribution is 8.19. The first-order valence-electron chi connectivity index (χ1n) is 9.49. The number of thioether (sulfide) groups is 1. The van der Waals surface area contributed by atoms with Gasteiger partial charge >= 0.3 is 0 Å². The normalized spacial score (nSPS) is 15.3. The lowest BCUT2D eigenvalue weighted by Crippen LogP contribution is -2.27. The lowest BCUT2D eigenvalue weighted by Gasteiger charge is -2.13. The van der Waals surface area contributed by atoms with E-state index in [4.69, 9.17) is 0 Å². The topological polar surface area (TPSA) is 59.4 Å². The Kier molecular flexibility index (Phi) is 5.18. The number of anilines is 1. The number of aromatic nitrogens is 1. The van der Waals surface area contributed by atoms with Gasteiger partial charge in [0, 0.05) is 22.6 Å². The highest BCUT2D eigenvalue weighted by Crippen LogP contribution is 2.36. The van der Waals surface area contributed by atoms with Crippen LogP contribution in [0.1, 0.15) is 32.9 Å². The van der Waals surface area contributed by atoms with E-state index in [2.05, 4.69) is 4.57 Å². The summed E-state index contributed by atoms with van der Waals surface area (Å²) in [6.45, 7) is 5.94. The zero-order valence-electron chi connectivity index (χ0n) is 16.9. The van der Waals surface area contributed by atoms with Crippen molar-refractivity contribution in [3.63, 3.8) is 0 Å². The summed E-state index contributed by atoms with van der Waals surface area (Å²) in [6.07, 6.45) is 2.61. The van der Waals surface area contributed by atoms with Gasteiger partial charge in [0.1, 0.15) is 6.29 Å². The van der Waals surface area contributed by atoms with E-state index >= 15 is 0 Å². The minimum atomic E-state index is -0.312. The molecule has 0 radical (unpaired) electrons. The molecule has 0 N–H and O–H groups in total. The minimum Gasteiger partial charge on any atom is -0.318 e. The number of hydrogen-bond donors (Lipinski definition) is 0. The molecule has 1 aliphatic rings. The summed E-state index contributed by atoms with van der Waals surface area (Å²) < 4.78 is 2.09. The molecule has 1 aliphatic heterocycles. The highest BCUT2D eigenvalue weighted by atomic mass is 32.2. The number of carbonyl (C=O) groups is 3. The van der Waals surface area contributed by atoms with Crippen LogP contribution < -0.4 is 4.90 Å². The predicted molar refractivity (Wildman–Crippen MR) is 120 cm³/mol. The van der Waals surface area contributed by atoms with E-state index in [0.717, 1.165) is 46.3 Å². The molecule has 1 aromatic heterocycles. The van der Waals surface area contributed by atoms with Crippen LogP contribution in [0.5, 0.6) is 0 Å². The summed E-state index contributed by atoms with van der Waals surface area (Å²) in [5.74, 6) is -0.312. The monoisotopic (exact) mass is 416 g/mol. The molecule has 2 heterocycles. The Balaban J connectivity index is 1.72. The molecule has 6 heteroatoms. The Morgan fingerprint density at radius 1 is 0.933 bits per heavy atom. The van der Waals surface area contributed by atoms with Gasteiger partial charge in [-0.3, -0.25) is 14.4 Å². The smallest absolute Gasteiger partial charge is 0.298 e. The fraction of sp³-hybridized carbons (Fsp3) is 0.125. The van der Waals surface area contributed by atoms with Crippen molar-refractivity contribution < 1.29 is 14.4 Å². The van der Waals surface area contributed by atoms with Crippen LogP contribution >= 0.6 is 11.8 Å². The third kappa shape index (κ3) is 3.39. The van der Waals surface area contributed by atoms with Crippen molar-refractivity contribution in [2.45, 2.75) is 20.8 Å². The molecule has 2 amide bonds. The Morgan fingerprint density at radius 2 is 1.67 bits per heavy atom. The number of hydrogen-bond acceptors (Lipinski definition) is 4. The van der Waals surface area contributed by atoms with Gasteiger partial charge in [0.25, 0.3) is 11.1 Å². The summed E-state index contributed by atoms with van der Waals surface area (Å²) in [5.41, 5.74) is 6.01. The highest BCUT2D eigenvalue weighted by Gasteiger charge is 2.36. The molecule has 2 aromatic carbocycles. The van der Waals surface area contributed by atoms with E-state index in [1.54, 1.807) is 36.4 Å². The first kappa shape index (κ1) is 19.9. The van der Waals surface area contributed by atoms with E-state index < -0.39 is 0 Å². The maximum absolute atomic E-state index is 12.9. The van der Waals surface area contributed by atoms with Crippen molar-refractivity contribution in [1.82, 2.24) is 4.57 Å². The Morgan fingerprint density at radius 3 is 2.33 bits per heavy atom. The molecule has 5 nitrogen and oxygen atoms in total. The molecule has 0 aliphatic carbocycles. The zero-order chi connectivity index (χ0) is 21.4. The number of carbonyl (C=O) groups excluding carboxylic acids is 3. The number of benzene rings is 2. The maximum atomic E-state index is 12.9. The van der Waals surface area contributed by atoms with Crippen LogP contribution in [-0.4, -0.2) is 22.0 Å². The van der Waals surface area contributed by atoms with Crippen molar-refractivity contribution in [3.05, 3.63) is 87.6 Å². The van der Waals surface area contributed by atoms with Gasteiger partial charge in [-0.1, -0.05) is 18.2 Å². The van der Waals surface area contributed by atoms with Gasteiger partial charge in [0.15, 0.2) is 0 Å². The molecule has 1 fully saturated rings. The van der Waals surface area contributed by atoms with Crippen molar-refractivity contribution in [1.29, 1.82) is 0 Å². The molecule has 150 valence electrons. The molecular formula is C24H20N2O3S. The largest absolute Gasteiger partial charge is 0.318 e. The quantitative estimate of drug-likeness (QED) is 0.419. The molecule has 3 aromatic rings. The number of nitrogens with zero attached hydrogens (tertiary/aromatic N) is 2. The molecule has 0 bridgehead atoms. The molecule has 0 unspecified atom stereocenters. The van der Waals surface area contributed by atoms with Crippen LogP contribution in [0.4, 0.5) is 10.5 Å². The van der Waals surface area contributed by atoms with Gasteiger partial charge < -0.3 is 4.57 Å². The van der Waals surface area contributed by atoms with Gasteiger partial charge in [0.2, 0.25) is 0 Å². The number of aryl methyl sites for hydroxylation is 2. The Bertz CT molecular complexity index is 1210. The van der Waals surface area contributed by atoms with Crippen molar-refractivity contribution in [2.24, 2.45) is 0 Å². The number of amides is 2. The predicted octanol–water partition coefficient (Wildman–Crippen LogP) is 5.46. The lowest BCUT2D eigenvalue weighted by atomic mass is 10.1. The van der Waals surface area contributed by atoms with Crippen molar-refractivity contribution >= 4 is 41.0 Å². The summed E-state index contributed by atoms with van der Waals surface area (Å²) in [4.78, 5) is 38.0. The van der Waals surface area contributed by atoms with Crippen LogP contribution in [0.25, 0.3) is 11.8 Å². The average Bonchev–Trinajstić information content (AvgIpc) is 3.17. The summed E-state index contributed by atoms with van der Waals surface area (Å²) in [6, 6.07) is 16.5. The average molecular weight is 417 g/mol. The van der Waals surface area contributed by atoms with Crippen LogP contribution in [0.2, 0.25) is 0 Å². The third-order valence-electron chi connectivity index (χ3n) is 5.16. The Hall–Kier alpha value is -3.38. The van der Waals surface area contributed by atoms with E-state index in [1.807, 2.05) is 45.0 Å². The van der Waals surface area contributed by atoms with Crippen LogP contribution in [0.3, 0.4) is 0 Å². The van der Waals surface area contributed by atoms with Gasteiger partial charge in [-0.15, -0.1) is 0 Å². The molecular weight excluding hydrogens is 396 g/mol. The first-order chi connectivity index (χ1) is 14.4. The number of aldehydes is 1. The van der Waals surface area contributed by atoms with Gasteiger partial charge in [-0.25, -0.2) is 4.90 Å². The van der Waals surface area contributed by atoms with Crippen LogP contribution in [-0.2, 0) is 4.79 Å². The third-order valence-corrected chi connectivity index (χ3v) is 6.03. The van der Waals surface area contributed by atoms with Crippen molar-refractivity contribution in [2.75, 3.05) is 4.90 Å². The molecule has 1 saturated heterocycles. The van der Waals surface area contributed by atoms with Crippen LogP contribution in [0, 0.1) is 20.8 Å².